The number of hydrogen-bond acceptors (Lipinski definition) is 3. The average Bonchev–Trinajstić information content (AvgIpc) is 2.80. The van der Waals surface area contributed by atoms with E-state index in [-0.39, 0.29) is 12.2 Å². The van der Waals surface area contributed by atoms with Crippen molar-refractivity contribution in [2.75, 3.05) is 0 Å². The Hall–Kier alpha value is -3.60. The monoisotopic (exact) mass is 446 g/mol. The van der Waals surface area contributed by atoms with Crippen molar-refractivity contribution < 1.29 is 23.9 Å². The molecule has 33 heavy (non-hydrogen) atoms. The average molecular weight is 447 g/mol. The molecule has 3 aromatic rings. The number of benzene rings is 3. The van der Waals surface area contributed by atoms with Crippen molar-refractivity contribution in [2.24, 2.45) is 11.8 Å². The molecule has 0 aromatic heterocycles. The van der Waals surface area contributed by atoms with Crippen molar-refractivity contribution in [3.05, 3.63) is 107 Å². The van der Waals surface area contributed by atoms with Gasteiger partial charge in [-0.05, 0) is 28.8 Å². The van der Waals surface area contributed by atoms with E-state index in [1.807, 2.05) is 60.7 Å². The normalized spacial score (nSPS) is 13.0. The molecule has 4 nitrogen and oxygen atoms in total. The molecule has 170 valence electrons. The minimum absolute atomic E-state index is 0.171. The Kier molecular flexibility index (Phi) is 7.88. The van der Waals surface area contributed by atoms with Gasteiger partial charge in [-0.15, -0.1) is 0 Å². The quantitative estimate of drug-likeness (QED) is 0.410. The Morgan fingerprint density at radius 3 is 1.67 bits per heavy atom. The first-order valence-corrected chi connectivity index (χ1v) is 10.9. The second-order valence-electron chi connectivity index (χ2n) is 8.46. The van der Waals surface area contributed by atoms with Gasteiger partial charge in [-0.1, -0.05) is 86.6 Å². The molecule has 3 rings (SSSR count). The van der Waals surface area contributed by atoms with Gasteiger partial charge in [-0.2, -0.15) is 0 Å². The molecule has 0 amide bonds. The lowest BCUT2D eigenvalue weighted by Gasteiger charge is -2.26. The highest BCUT2D eigenvalue weighted by Gasteiger charge is 2.39. The molecule has 0 bridgehead atoms. The topological polar surface area (TPSA) is 71.4 Å². The van der Waals surface area contributed by atoms with Gasteiger partial charge in [0.1, 0.15) is 23.3 Å². The van der Waals surface area contributed by atoms with Gasteiger partial charge < -0.3 is 5.11 Å². The summed E-state index contributed by atoms with van der Waals surface area (Å²) in [5.41, 5.74) is 2.02. The van der Waals surface area contributed by atoms with Crippen LogP contribution in [0, 0.1) is 17.7 Å². The summed E-state index contributed by atoms with van der Waals surface area (Å²) in [5, 5.41) is 9.96. The van der Waals surface area contributed by atoms with Crippen LogP contribution in [-0.2, 0) is 14.4 Å². The molecule has 0 aliphatic heterocycles. The zero-order valence-electron chi connectivity index (χ0n) is 18.6. The fraction of sp³-hybridized carbons (Fsp3) is 0.250. The number of carbonyl (C=O) groups excluding carboxylic acids is 2. The molecule has 0 spiro atoms. The Morgan fingerprint density at radius 1 is 0.758 bits per heavy atom. The second-order valence-corrected chi connectivity index (χ2v) is 8.46. The van der Waals surface area contributed by atoms with Crippen molar-refractivity contribution in [1.29, 1.82) is 0 Å². The largest absolute Gasteiger partial charge is 0.481 e. The first-order valence-electron chi connectivity index (χ1n) is 10.9. The van der Waals surface area contributed by atoms with Crippen LogP contribution in [0.3, 0.4) is 0 Å². The van der Waals surface area contributed by atoms with Gasteiger partial charge in [0.2, 0.25) is 0 Å². The molecule has 5 heteroatoms. The summed E-state index contributed by atoms with van der Waals surface area (Å²) in [6.45, 7) is 3.27. The van der Waals surface area contributed by atoms with Crippen LogP contribution in [0.1, 0.15) is 48.8 Å². The molecular formula is C28H27FO4. The molecule has 0 fully saturated rings. The molecule has 0 aliphatic rings. The summed E-state index contributed by atoms with van der Waals surface area (Å²) in [4.78, 5) is 38.8. The van der Waals surface area contributed by atoms with Crippen LogP contribution in [0.4, 0.5) is 4.39 Å². The fourth-order valence-electron chi connectivity index (χ4n) is 4.18. The van der Waals surface area contributed by atoms with Gasteiger partial charge in [-0.3, -0.25) is 14.4 Å². The molecule has 2 atom stereocenters. The number of carboxylic acids is 1. The number of hydrogen-bond donors (Lipinski definition) is 1. The number of carbonyl (C=O) groups is 3. The maximum Gasteiger partial charge on any atom is 0.314 e. The number of carboxylic acid groups (broad SMARTS) is 1. The van der Waals surface area contributed by atoms with Gasteiger partial charge in [-0.25, -0.2) is 4.39 Å². The Balaban J connectivity index is 2.06. The van der Waals surface area contributed by atoms with Crippen molar-refractivity contribution in [1.82, 2.24) is 0 Å². The lowest BCUT2D eigenvalue weighted by atomic mass is 9.74. The summed E-state index contributed by atoms with van der Waals surface area (Å²) in [7, 11) is 0. The molecule has 0 aliphatic carbocycles. The lowest BCUT2D eigenvalue weighted by molar-refractivity contribution is -0.148. The van der Waals surface area contributed by atoms with E-state index in [9.17, 15) is 23.9 Å². The van der Waals surface area contributed by atoms with Crippen LogP contribution in [0.25, 0.3) is 0 Å². The third-order valence-electron chi connectivity index (χ3n) is 5.85. The van der Waals surface area contributed by atoms with Crippen molar-refractivity contribution in [3.8, 4) is 0 Å². The van der Waals surface area contributed by atoms with Gasteiger partial charge >= 0.3 is 5.97 Å². The maximum absolute atomic E-state index is 13.7. The molecule has 2 unspecified atom stereocenters. The fourth-order valence-corrected chi connectivity index (χ4v) is 4.18. The molecule has 0 heterocycles. The van der Waals surface area contributed by atoms with E-state index in [1.54, 1.807) is 13.8 Å². The second kappa shape index (κ2) is 10.8. The first-order chi connectivity index (χ1) is 15.8. The smallest absolute Gasteiger partial charge is 0.314 e. The van der Waals surface area contributed by atoms with Crippen molar-refractivity contribution in [3.63, 3.8) is 0 Å². The molecule has 0 radical (unpaired) electrons. The Labute approximate surface area is 193 Å². The highest BCUT2D eigenvalue weighted by atomic mass is 19.1. The zero-order chi connectivity index (χ0) is 24.0. The molecule has 1 N–H and O–H groups in total. The van der Waals surface area contributed by atoms with E-state index < -0.39 is 41.2 Å². The zero-order valence-corrected chi connectivity index (χ0v) is 18.6. The number of aliphatic carboxylic acids is 1. The van der Waals surface area contributed by atoms with E-state index in [4.69, 9.17) is 0 Å². The van der Waals surface area contributed by atoms with E-state index in [1.165, 1.54) is 24.3 Å². The predicted octanol–water partition coefficient (Wildman–Crippen LogP) is 5.63. The Bertz CT molecular complexity index is 1050. The highest BCUT2D eigenvalue weighted by molar-refractivity contribution is 6.01. The molecule has 0 saturated heterocycles. The first kappa shape index (κ1) is 24.1. The minimum Gasteiger partial charge on any atom is -0.481 e. The third-order valence-corrected chi connectivity index (χ3v) is 5.85. The van der Waals surface area contributed by atoms with Gasteiger partial charge in [0.25, 0.3) is 0 Å². The predicted molar refractivity (Wildman–Crippen MR) is 124 cm³/mol. The van der Waals surface area contributed by atoms with Crippen LogP contribution in [0.15, 0.2) is 84.9 Å². The van der Waals surface area contributed by atoms with Crippen LogP contribution >= 0.6 is 0 Å². The Morgan fingerprint density at radius 2 is 1.24 bits per heavy atom. The molecule has 3 aromatic carbocycles. The standard InChI is InChI=1S/C28H27FO4/c1-18(2)27(31)26(28(32)33)23(19-13-15-22(29)16-14-19)17-24(30)25(20-9-5-3-6-10-20)21-11-7-4-8-12-21/h3-16,18,23,25-26H,17H2,1-2H3,(H,32,33). The summed E-state index contributed by atoms with van der Waals surface area (Å²) in [6.07, 6.45) is -0.171. The molecule has 0 saturated carbocycles. The van der Waals surface area contributed by atoms with Gasteiger partial charge in [0.05, 0.1) is 5.92 Å². The van der Waals surface area contributed by atoms with Gasteiger partial charge in [0, 0.05) is 18.3 Å². The van der Waals surface area contributed by atoms with Crippen LogP contribution in [0.2, 0.25) is 0 Å². The van der Waals surface area contributed by atoms with Crippen molar-refractivity contribution >= 4 is 17.5 Å². The minimum atomic E-state index is -1.41. The number of ketones is 2. The van der Waals surface area contributed by atoms with Crippen molar-refractivity contribution in [2.45, 2.75) is 32.1 Å². The SMILES string of the molecule is CC(C)C(=O)C(C(=O)O)C(CC(=O)C(c1ccccc1)c1ccccc1)c1ccc(F)cc1. The summed E-state index contributed by atoms with van der Waals surface area (Å²) < 4.78 is 13.6. The number of halogens is 1. The van der Waals surface area contributed by atoms with Gasteiger partial charge in [0.15, 0.2) is 0 Å². The lowest BCUT2D eigenvalue weighted by Crippen LogP contribution is -2.34. The number of Topliss-reactive ketones (excluding diaryl/α,β-unsaturated/α-hetero) is 2. The van der Waals surface area contributed by atoms with E-state index in [0.29, 0.717) is 5.56 Å². The summed E-state index contributed by atoms with van der Waals surface area (Å²) >= 11 is 0. The van der Waals surface area contributed by atoms with Crippen LogP contribution in [0.5, 0.6) is 0 Å². The van der Waals surface area contributed by atoms with E-state index in [0.717, 1.165) is 11.1 Å². The third kappa shape index (κ3) is 5.80. The highest BCUT2D eigenvalue weighted by Crippen LogP contribution is 2.36. The van der Waals surface area contributed by atoms with Crippen LogP contribution < -0.4 is 0 Å². The number of rotatable bonds is 10. The molecular weight excluding hydrogens is 419 g/mol. The summed E-state index contributed by atoms with van der Waals surface area (Å²) in [5.74, 6) is -5.89. The van der Waals surface area contributed by atoms with E-state index >= 15 is 0 Å². The van der Waals surface area contributed by atoms with Crippen LogP contribution in [-0.4, -0.2) is 22.6 Å². The maximum atomic E-state index is 13.7. The van der Waals surface area contributed by atoms with E-state index in [2.05, 4.69) is 0 Å². The summed E-state index contributed by atoms with van der Waals surface area (Å²) in [6, 6.07) is 23.9.